The Morgan fingerprint density at radius 1 is 0.966 bits per heavy atom. The number of amides is 2. The molecule has 0 unspecified atom stereocenters. The van der Waals surface area contributed by atoms with Gasteiger partial charge in [-0.25, -0.2) is 4.79 Å². The van der Waals surface area contributed by atoms with Gasteiger partial charge in [0.15, 0.2) is 0 Å². The van der Waals surface area contributed by atoms with Gasteiger partial charge in [0.2, 0.25) is 5.91 Å². The molecule has 0 aliphatic heterocycles. The topological polar surface area (TPSA) is 105 Å². The predicted octanol–water partition coefficient (Wildman–Crippen LogP) is 2.50. The number of benzene rings is 2. The number of carboxylic acids is 1. The first-order chi connectivity index (χ1) is 14.0. The fourth-order valence-electron chi connectivity index (χ4n) is 4.02. The van der Waals surface area contributed by atoms with Crippen molar-refractivity contribution in [2.24, 2.45) is 5.92 Å². The normalized spacial score (nSPS) is 19.4. The number of alkyl carbamates (subject to hydrolysis) is 1. The van der Waals surface area contributed by atoms with E-state index in [1.54, 1.807) is 0 Å². The summed E-state index contributed by atoms with van der Waals surface area (Å²) in [4.78, 5) is 34.7. The van der Waals surface area contributed by atoms with Gasteiger partial charge in [0.25, 0.3) is 0 Å². The molecule has 0 aromatic heterocycles. The van der Waals surface area contributed by atoms with Crippen molar-refractivity contribution in [1.82, 2.24) is 10.6 Å². The summed E-state index contributed by atoms with van der Waals surface area (Å²) in [5.74, 6) is -1.63. The maximum Gasteiger partial charge on any atom is 0.407 e. The minimum absolute atomic E-state index is 0.0371. The summed E-state index contributed by atoms with van der Waals surface area (Å²) in [5.41, 5.74) is 4.54. The van der Waals surface area contributed by atoms with E-state index in [0.717, 1.165) is 22.3 Å². The molecule has 2 aliphatic rings. The number of hydrogen-bond acceptors (Lipinski definition) is 4. The van der Waals surface area contributed by atoms with Crippen LogP contribution in [0.25, 0.3) is 11.1 Å². The zero-order chi connectivity index (χ0) is 20.4. The maximum absolute atomic E-state index is 12.0. The lowest BCUT2D eigenvalue weighted by Crippen LogP contribution is -2.49. The third-order valence-electron chi connectivity index (χ3n) is 5.59. The molecule has 3 N–H and O–H groups in total. The largest absolute Gasteiger partial charge is 0.481 e. The number of hydrogen-bond donors (Lipinski definition) is 3. The Morgan fingerprint density at radius 2 is 1.55 bits per heavy atom. The highest BCUT2D eigenvalue weighted by atomic mass is 16.5. The van der Waals surface area contributed by atoms with Crippen molar-refractivity contribution in [2.45, 2.75) is 24.8 Å². The van der Waals surface area contributed by atoms with Gasteiger partial charge in [-0.2, -0.15) is 0 Å². The van der Waals surface area contributed by atoms with Gasteiger partial charge >= 0.3 is 12.1 Å². The molecule has 0 saturated heterocycles. The molecule has 2 aromatic carbocycles. The Balaban J connectivity index is 1.26. The molecule has 2 aromatic rings. The first-order valence-electron chi connectivity index (χ1n) is 9.64. The van der Waals surface area contributed by atoms with E-state index in [-0.39, 0.29) is 31.0 Å². The molecule has 150 valence electrons. The monoisotopic (exact) mass is 394 g/mol. The molecule has 4 rings (SSSR count). The van der Waals surface area contributed by atoms with Crippen LogP contribution >= 0.6 is 0 Å². The van der Waals surface area contributed by atoms with Crippen LogP contribution in [0.3, 0.4) is 0 Å². The van der Waals surface area contributed by atoms with E-state index < -0.39 is 18.0 Å². The summed E-state index contributed by atoms with van der Waals surface area (Å²) in [6, 6.07) is 16.0. The second-order valence-electron chi connectivity index (χ2n) is 7.45. The van der Waals surface area contributed by atoms with Crippen LogP contribution in [-0.2, 0) is 14.3 Å². The van der Waals surface area contributed by atoms with Crippen LogP contribution in [0.2, 0.25) is 0 Å². The van der Waals surface area contributed by atoms with E-state index in [4.69, 9.17) is 9.84 Å². The molecule has 0 radical (unpaired) electrons. The number of nitrogens with one attached hydrogen (secondary N) is 2. The average molecular weight is 394 g/mol. The molecule has 0 atom stereocenters. The highest BCUT2D eigenvalue weighted by molar-refractivity contribution is 5.83. The van der Waals surface area contributed by atoms with E-state index in [2.05, 4.69) is 22.8 Å². The quantitative estimate of drug-likeness (QED) is 0.698. The van der Waals surface area contributed by atoms with E-state index in [1.165, 1.54) is 0 Å². The number of aliphatic carboxylic acids is 1. The highest BCUT2D eigenvalue weighted by Crippen LogP contribution is 2.44. The van der Waals surface area contributed by atoms with Gasteiger partial charge in [0, 0.05) is 12.0 Å². The van der Waals surface area contributed by atoms with E-state index >= 15 is 0 Å². The fourth-order valence-corrected chi connectivity index (χ4v) is 4.02. The zero-order valence-corrected chi connectivity index (χ0v) is 15.8. The van der Waals surface area contributed by atoms with Crippen LogP contribution in [0.15, 0.2) is 48.5 Å². The van der Waals surface area contributed by atoms with Crippen molar-refractivity contribution in [1.29, 1.82) is 0 Å². The second-order valence-corrected chi connectivity index (χ2v) is 7.45. The van der Waals surface area contributed by atoms with E-state index in [1.807, 2.05) is 36.4 Å². The summed E-state index contributed by atoms with van der Waals surface area (Å²) in [6.45, 7) is -0.0185. The Morgan fingerprint density at radius 3 is 2.14 bits per heavy atom. The van der Waals surface area contributed by atoms with Gasteiger partial charge in [-0.1, -0.05) is 48.5 Å². The first kappa shape index (κ1) is 19.0. The van der Waals surface area contributed by atoms with Crippen LogP contribution in [0.1, 0.15) is 29.9 Å². The Hall–Kier alpha value is -3.35. The molecule has 1 saturated carbocycles. The third-order valence-corrected chi connectivity index (χ3v) is 5.59. The zero-order valence-electron chi connectivity index (χ0n) is 15.8. The number of fused-ring (bicyclic) bond motifs is 3. The number of ether oxygens (including phenoxy) is 1. The summed E-state index contributed by atoms with van der Waals surface area (Å²) in [7, 11) is 0. The minimum Gasteiger partial charge on any atom is -0.481 e. The van der Waals surface area contributed by atoms with Gasteiger partial charge in [-0.3, -0.25) is 9.59 Å². The number of rotatable bonds is 6. The molecule has 2 amide bonds. The molecular formula is C22H22N2O5. The lowest BCUT2D eigenvalue weighted by atomic mass is 9.80. The van der Waals surface area contributed by atoms with Crippen LogP contribution in [0.4, 0.5) is 4.79 Å². The van der Waals surface area contributed by atoms with Gasteiger partial charge in [-0.15, -0.1) is 0 Å². The molecule has 0 bridgehead atoms. The first-order valence-corrected chi connectivity index (χ1v) is 9.64. The molecular weight excluding hydrogens is 372 g/mol. The molecule has 0 spiro atoms. The molecule has 2 aliphatic carbocycles. The van der Waals surface area contributed by atoms with Gasteiger partial charge in [0.1, 0.15) is 13.2 Å². The lowest BCUT2D eigenvalue weighted by molar-refractivity contribution is -0.146. The van der Waals surface area contributed by atoms with E-state index in [0.29, 0.717) is 12.8 Å². The molecule has 7 nitrogen and oxygen atoms in total. The second kappa shape index (κ2) is 7.95. The fraction of sp³-hybridized carbons (Fsp3) is 0.318. The van der Waals surface area contributed by atoms with Gasteiger partial charge in [0.05, 0.1) is 5.92 Å². The van der Waals surface area contributed by atoms with E-state index in [9.17, 15) is 14.4 Å². The van der Waals surface area contributed by atoms with Crippen LogP contribution < -0.4 is 10.6 Å². The summed E-state index contributed by atoms with van der Waals surface area (Å²) in [5, 5.41) is 14.0. The molecule has 7 heteroatoms. The van der Waals surface area contributed by atoms with Crippen molar-refractivity contribution >= 4 is 18.0 Å². The third kappa shape index (κ3) is 3.94. The molecule has 29 heavy (non-hydrogen) atoms. The molecule has 1 fully saturated rings. The summed E-state index contributed by atoms with van der Waals surface area (Å²) < 4.78 is 5.38. The minimum atomic E-state index is -0.840. The number of carbonyl (C=O) groups is 3. The predicted molar refractivity (Wildman–Crippen MR) is 105 cm³/mol. The Kier molecular flexibility index (Phi) is 5.20. The smallest absolute Gasteiger partial charge is 0.407 e. The average Bonchev–Trinajstić information content (AvgIpc) is 3.01. The maximum atomic E-state index is 12.0. The van der Waals surface area contributed by atoms with Crippen molar-refractivity contribution in [3.8, 4) is 11.1 Å². The number of carbonyl (C=O) groups excluding carboxylic acids is 2. The van der Waals surface area contributed by atoms with Gasteiger partial charge in [-0.05, 0) is 35.1 Å². The van der Waals surface area contributed by atoms with Crippen molar-refractivity contribution in [3.63, 3.8) is 0 Å². The van der Waals surface area contributed by atoms with Crippen molar-refractivity contribution in [3.05, 3.63) is 59.7 Å². The standard InChI is InChI=1S/C22H22N2O5/c25-20(24-14-9-13(10-14)21(26)27)11-23-22(28)29-12-19-17-7-3-1-5-15(17)16-6-2-4-8-18(16)19/h1-8,13-14,19H,9-12H2,(H,23,28)(H,24,25)(H,26,27). The number of carboxylic acid groups (broad SMARTS) is 1. The van der Waals surface area contributed by atoms with Crippen molar-refractivity contribution < 1.29 is 24.2 Å². The Labute approximate surface area is 168 Å². The molecule has 0 heterocycles. The van der Waals surface area contributed by atoms with Crippen LogP contribution in [0, 0.1) is 5.92 Å². The SMILES string of the molecule is O=C(CNC(=O)OCC1c2ccccc2-c2ccccc21)NC1CC(C(=O)O)C1. The lowest BCUT2D eigenvalue weighted by Gasteiger charge is -2.32. The van der Waals surface area contributed by atoms with Gasteiger partial charge < -0.3 is 20.5 Å². The summed E-state index contributed by atoms with van der Waals surface area (Å²) >= 11 is 0. The van der Waals surface area contributed by atoms with Crippen LogP contribution in [0.5, 0.6) is 0 Å². The summed E-state index contributed by atoms with van der Waals surface area (Å²) in [6.07, 6.45) is 0.192. The van der Waals surface area contributed by atoms with Crippen molar-refractivity contribution in [2.75, 3.05) is 13.2 Å². The highest BCUT2D eigenvalue weighted by Gasteiger charge is 2.35. The Bertz CT molecular complexity index is 906. The van der Waals surface area contributed by atoms with Crippen LogP contribution in [-0.4, -0.2) is 42.3 Å².